The van der Waals surface area contributed by atoms with Crippen LogP contribution in [-0.4, -0.2) is 5.25 Å². The Morgan fingerprint density at radius 1 is 1.36 bits per heavy atom. The van der Waals surface area contributed by atoms with E-state index in [1.165, 1.54) is 6.07 Å². The van der Waals surface area contributed by atoms with Crippen LogP contribution in [0.5, 0.6) is 0 Å². The molecule has 0 bridgehead atoms. The van der Waals surface area contributed by atoms with Crippen molar-refractivity contribution in [2.24, 2.45) is 11.7 Å². The Bertz CT molecular complexity index is 353. The number of halogens is 1. The van der Waals surface area contributed by atoms with Crippen LogP contribution in [0.1, 0.15) is 25.5 Å². The molecule has 2 rings (SSSR count). The number of thioether (sulfide) groups is 1. The van der Waals surface area contributed by atoms with E-state index in [1.54, 1.807) is 17.8 Å². The molecular weight excluding hydrogens is 197 g/mol. The van der Waals surface area contributed by atoms with Crippen LogP contribution < -0.4 is 5.73 Å². The van der Waals surface area contributed by atoms with Gasteiger partial charge in [-0.3, -0.25) is 0 Å². The van der Waals surface area contributed by atoms with Gasteiger partial charge in [-0.15, -0.1) is 11.8 Å². The Hall–Kier alpha value is -0.540. The summed E-state index contributed by atoms with van der Waals surface area (Å²) in [6.07, 6.45) is 0. The zero-order valence-electron chi connectivity index (χ0n) is 8.33. The highest BCUT2D eigenvalue weighted by Crippen LogP contribution is 2.42. The average molecular weight is 211 g/mol. The van der Waals surface area contributed by atoms with Crippen LogP contribution in [0.15, 0.2) is 23.1 Å². The smallest absolute Gasteiger partial charge is 0.123 e. The fraction of sp³-hybridized carbons (Fsp3) is 0.455. The molecule has 3 unspecified atom stereocenters. The number of fused-ring (bicyclic) bond motifs is 1. The van der Waals surface area contributed by atoms with Gasteiger partial charge in [0.2, 0.25) is 0 Å². The maximum Gasteiger partial charge on any atom is 0.123 e. The topological polar surface area (TPSA) is 26.0 Å². The van der Waals surface area contributed by atoms with Gasteiger partial charge in [-0.25, -0.2) is 4.39 Å². The van der Waals surface area contributed by atoms with E-state index in [0.29, 0.717) is 11.2 Å². The van der Waals surface area contributed by atoms with Crippen LogP contribution in [0.4, 0.5) is 4.39 Å². The summed E-state index contributed by atoms with van der Waals surface area (Å²) in [6.45, 7) is 4.29. The average Bonchev–Trinajstić information content (AvgIpc) is 2.16. The number of rotatable bonds is 0. The second-order valence-corrected chi connectivity index (χ2v) is 5.31. The molecule has 76 valence electrons. The quantitative estimate of drug-likeness (QED) is 0.714. The molecule has 1 aromatic carbocycles. The molecule has 1 aliphatic heterocycles. The van der Waals surface area contributed by atoms with E-state index in [1.807, 2.05) is 6.07 Å². The Morgan fingerprint density at radius 3 is 2.79 bits per heavy atom. The molecule has 1 nitrogen and oxygen atoms in total. The molecule has 2 N–H and O–H groups in total. The standard InChI is InChI=1S/C11H14FNS/c1-6-7(2)14-10-4-3-8(12)5-9(10)11(6)13/h3-7,11H,13H2,1-2H3. The van der Waals surface area contributed by atoms with Crippen molar-refractivity contribution >= 4 is 11.8 Å². The zero-order valence-corrected chi connectivity index (χ0v) is 9.14. The number of hydrogen-bond donors (Lipinski definition) is 1. The number of benzene rings is 1. The van der Waals surface area contributed by atoms with Crippen molar-refractivity contribution in [1.82, 2.24) is 0 Å². The summed E-state index contributed by atoms with van der Waals surface area (Å²) >= 11 is 1.79. The molecule has 3 atom stereocenters. The van der Waals surface area contributed by atoms with Crippen molar-refractivity contribution in [2.45, 2.75) is 30.0 Å². The fourth-order valence-corrected chi connectivity index (χ4v) is 3.03. The van der Waals surface area contributed by atoms with Crippen LogP contribution >= 0.6 is 11.8 Å². The van der Waals surface area contributed by atoms with Gasteiger partial charge in [0.05, 0.1) is 0 Å². The van der Waals surface area contributed by atoms with E-state index in [9.17, 15) is 4.39 Å². The third-order valence-electron chi connectivity index (χ3n) is 2.95. The summed E-state index contributed by atoms with van der Waals surface area (Å²) < 4.78 is 13.0. The monoisotopic (exact) mass is 211 g/mol. The first-order valence-corrected chi connectivity index (χ1v) is 5.69. The molecule has 1 aliphatic rings. The van der Waals surface area contributed by atoms with Gasteiger partial charge in [0.15, 0.2) is 0 Å². The van der Waals surface area contributed by atoms with Gasteiger partial charge in [-0.2, -0.15) is 0 Å². The minimum Gasteiger partial charge on any atom is -0.324 e. The third kappa shape index (κ3) is 1.55. The summed E-state index contributed by atoms with van der Waals surface area (Å²) in [4.78, 5) is 1.13. The predicted molar refractivity (Wildman–Crippen MR) is 57.8 cm³/mol. The van der Waals surface area contributed by atoms with Crippen molar-refractivity contribution in [3.8, 4) is 0 Å². The summed E-state index contributed by atoms with van der Waals surface area (Å²) in [5.74, 6) is 0.204. The summed E-state index contributed by atoms with van der Waals surface area (Å²) in [6, 6.07) is 4.87. The molecule has 0 spiro atoms. The van der Waals surface area contributed by atoms with Gasteiger partial charge in [0, 0.05) is 16.2 Å². The van der Waals surface area contributed by atoms with Crippen LogP contribution in [0.3, 0.4) is 0 Å². The first-order chi connectivity index (χ1) is 6.59. The number of nitrogens with two attached hydrogens (primary N) is 1. The van der Waals surface area contributed by atoms with Crippen LogP contribution in [0.25, 0.3) is 0 Å². The lowest BCUT2D eigenvalue weighted by Crippen LogP contribution is -2.30. The summed E-state index contributed by atoms with van der Waals surface area (Å²) in [5, 5.41) is 0.503. The fourth-order valence-electron chi connectivity index (χ4n) is 1.77. The Balaban J connectivity index is 2.46. The van der Waals surface area contributed by atoms with Crippen LogP contribution in [0.2, 0.25) is 0 Å². The van der Waals surface area contributed by atoms with Crippen molar-refractivity contribution in [1.29, 1.82) is 0 Å². The molecule has 0 saturated heterocycles. The lowest BCUT2D eigenvalue weighted by Gasteiger charge is -2.33. The molecule has 14 heavy (non-hydrogen) atoms. The molecular formula is C11H14FNS. The molecule has 0 amide bonds. The first kappa shape index (κ1) is 9.99. The van der Waals surface area contributed by atoms with Gasteiger partial charge in [-0.05, 0) is 29.7 Å². The lowest BCUT2D eigenvalue weighted by molar-refractivity contribution is 0.450. The van der Waals surface area contributed by atoms with Gasteiger partial charge in [0.25, 0.3) is 0 Å². The second kappa shape index (κ2) is 3.55. The molecule has 1 aromatic rings. The van der Waals surface area contributed by atoms with E-state index < -0.39 is 0 Å². The molecule has 0 aliphatic carbocycles. The van der Waals surface area contributed by atoms with Crippen molar-refractivity contribution < 1.29 is 4.39 Å². The van der Waals surface area contributed by atoms with E-state index in [-0.39, 0.29) is 11.9 Å². The van der Waals surface area contributed by atoms with Crippen molar-refractivity contribution in [2.75, 3.05) is 0 Å². The Morgan fingerprint density at radius 2 is 2.07 bits per heavy atom. The Kier molecular flexibility index (Phi) is 2.54. The normalized spacial score (nSPS) is 31.3. The SMILES string of the molecule is CC1Sc2ccc(F)cc2C(N)C1C. The highest BCUT2D eigenvalue weighted by atomic mass is 32.2. The molecule has 0 fully saturated rings. The van der Waals surface area contributed by atoms with Gasteiger partial charge >= 0.3 is 0 Å². The zero-order chi connectivity index (χ0) is 10.3. The lowest BCUT2D eigenvalue weighted by atomic mass is 9.92. The van der Waals surface area contributed by atoms with Crippen LogP contribution in [-0.2, 0) is 0 Å². The van der Waals surface area contributed by atoms with E-state index in [0.717, 1.165) is 10.5 Å². The van der Waals surface area contributed by atoms with Gasteiger partial charge in [-0.1, -0.05) is 13.8 Å². The minimum absolute atomic E-state index is 0.0306. The summed E-state index contributed by atoms with van der Waals surface area (Å²) in [7, 11) is 0. The largest absolute Gasteiger partial charge is 0.324 e. The van der Waals surface area contributed by atoms with Crippen molar-refractivity contribution in [3.05, 3.63) is 29.6 Å². The van der Waals surface area contributed by atoms with E-state index in [4.69, 9.17) is 5.73 Å². The van der Waals surface area contributed by atoms with E-state index >= 15 is 0 Å². The van der Waals surface area contributed by atoms with Gasteiger partial charge < -0.3 is 5.73 Å². The molecule has 0 radical (unpaired) electrons. The molecule has 0 aromatic heterocycles. The molecule has 1 heterocycles. The minimum atomic E-state index is -0.193. The highest BCUT2D eigenvalue weighted by Gasteiger charge is 2.29. The third-order valence-corrected chi connectivity index (χ3v) is 4.38. The van der Waals surface area contributed by atoms with Crippen molar-refractivity contribution in [3.63, 3.8) is 0 Å². The van der Waals surface area contributed by atoms with Gasteiger partial charge in [0.1, 0.15) is 5.82 Å². The predicted octanol–water partition coefficient (Wildman–Crippen LogP) is 2.96. The first-order valence-electron chi connectivity index (χ1n) is 4.81. The maximum absolute atomic E-state index is 13.0. The summed E-state index contributed by atoms with van der Waals surface area (Å²) in [5.41, 5.74) is 7.03. The Labute approximate surface area is 87.9 Å². The second-order valence-electron chi connectivity index (χ2n) is 3.89. The molecule has 0 saturated carbocycles. The van der Waals surface area contributed by atoms with Crippen LogP contribution in [0, 0.1) is 11.7 Å². The molecule has 3 heteroatoms. The maximum atomic E-state index is 13.0. The highest BCUT2D eigenvalue weighted by molar-refractivity contribution is 8.00. The number of hydrogen-bond acceptors (Lipinski definition) is 2. The van der Waals surface area contributed by atoms with E-state index in [2.05, 4.69) is 13.8 Å².